The van der Waals surface area contributed by atoms with Crippen LogP contribution in [0.2, 0.25) is 0 Å². The average Bonchev–Trinajstić information content (AvgIpc) is 3.14. The highest BCUT2D eigenvalue weighted by molar-refractivity contribution is 8.15. The molecule has 1 saturated carbocycles. The molecule has 0 spiro atoms. The van der Waals surface area contributed by atoms with Crippen molar-refractivity contribution in [2.24, 2.45) is 0 Å². The summed E-state index contributed by atoms with van der Waals surface area (Å²) in [5, 5.41) is 6.68. The van der Waals surface area contributed by atoms with Crippen LogP contribution in [0.5, 0.6) is 11.5 Å². The predicted molar refractivity (Wildman–Crippen MR) is 127 cm³/mol. The molecule has 0 aromatic heterocycles. The molecule has 1 heterocycles. The summed E-state index contributed by atoms with van der Waals surface area (Å²) >= 11 is 0.984. The number of benzene rings is 2. The fourth-order valence-corrected chi connectivity index (χ4v) is 4.96. The Balaban J connectivity index is 1.19. The Morgan fingerprint density at radius 1 is 1.05 bits per heavy atom. The average molecular weight is 542 g/mol. The van der Waals surface area contributed by atoms with E-state index in [1.54, 1.807) is 0 Å². The first-order valence-electron chi connectivity index (χ1n) is 11.4. The zero-order chi connectivity index (χ0) is 26.6. The molecule has 1 unspecified atom stereocenters. The van der Waals surface area contributed by atoms with Gasteiger partial charge in [0.2, 0.25) is 5.91 Å². The zero-order valence-corrected chi connectivity index (χ0v) is 20.1. The first-order chi connectivity index (χ1) is 17.5. The molecule has 0 bridgehead atoms. The van der Waals surface area contributed by atoms with Crippen LogP contribution in [-0.2, 0) is 11.2 Å². The zero-order valence-electron chi connectivity index (χ0n) is 19.3. The second-order valence-electron chi connectivity index (χ2n) is 8.61. The Bertz CT molecular complexity index is 1150. The minimum atomic E-state index is -5.02. The number of thioether (sulfide) groups is 1. The summed E-state index contributed by atoms with van der Waals surface area (Å²) in [7, 11) is 0. The molecular formula is C24H23F4N3O5S. The Labute approximate surface area is 213 Å². The minimum absolute atomic E-state index is 0.0104. The van der Waals surface area contributed by atoms with Crippen LogP contribution in [0.4, 0.5) is 32.8 Å². The summed E-state index contributed by atoms with van der Waals surface area (Å²) in [5.41, 5.74) is 0.903. The van der Waals surface area contributed by atoms with Crippen molar-refractivity contribution >= 4 is 34.6 Å². The Hall–Kier alpha value is -3.48. The van der Waals surface area contributed by atoms with Crippen LogP contribution in [0.1, 0.15) is 31.2 Å². The van der Waals surface area contributed by atoms with Gasteiger partial charge in [-0.1, -0.05) is 23.9 Å². The molecule has 8 nitrogen and oxygen atoms in total. The summed E-state index contributed by atoms with van der Waals surface area (Å²) in [5.74, 6) is -1.84. The van der Waals surface area contributed by atoms with Gasteiger partial charge in [-0.05, 0) is 61.9 Å². The van der Waals surface area contributed by atoms with Crippen molar-refractivity contribution in [3.63, 3.8) is 0 Å². The Kier molecular flexibility index (Phi) is 8.10. The summed E-state index contributed by atoms with van der Waals surface area (Å²) in [6.07, 6.45) is -1.96. The maximum absolute atomic E-state index is 13.8. The number of carbonyl (C=O) groups excluding carboxylic acids is 3. The van der Waals surface area contributed by atoms with E-state index in [1.807, 2.05) is 24.3 Å². The molecule has 1 aliphatic carbocycles. The van der Waals surface area contributed by atoms with E-state index >= 15 is 0 Å². The lowest BCUT2D eigenvalue weighted by atomic mass is 9.93. The van der Waals surface area contributed by atoms with Crippen molar-refractivity contribution in [1.82, 2.24) is 10.6 Å². The number of halogens is 4. The SMILES string of the molecule is O=C(Nc1ccc(OC(F)(F)F)c(F)c1)NC1CCC(Oc2ccc(CC3SC(=O)NC3=O)cc2)CC1. The first kappa shape index (κ1) is 26.6. The predicted octanol–water partition coefficient (Wildman–Crippen LogP) is 5.13. The van der Waals surface area contributed by atoms with Crippen molar-refractivity contribution in [3.05, 3.63) is 53.8 Å². The van der Waals surface area contributed by atoms with E-state index in [4.69, 9.17) is 4.74 Å². The number of rotatable bonds is 7. The molecule has 2 aromatic carbocycles. The normalized spacial score (nSPS) is 21.8. The molecule has 1 saturated heterocycles. The molecule has 0 radical (unpaired) electrons. The number of carbonyl (C=O) groups is 3. The summed E-state index contributed by atoms with van der Waals surface area (Å²) in [6, 6.07) is 9.25. The quantitative estimate of drug-likeness (QED) is 0.420. The molecule has 2 fully saturated rings. The van der Waals surface area contributed by atoms with Gasteiger partial charge in [0.1, 0.15) is 5.75 Å². The van der Waals surface area contributed by atoms with E-state index in [0.29, 0.717) is 37.9 Å². The first-order valence-corrected chi connectivity index (χ1v) is 12.3. The van der Waals surface area contributed by atoms with E-state index in [0.717, 1.165) is 35.5 Å². The lowest BCUT2D eigenvalue weighted by Crippen LogP contribution is -2.41. The second kappa shape index (κ2) is 11.3. The maximum Gasteiger partial charge on any atom is 0.573 e. The number of nitrogens with one attached hydrogen (secondary N) is 3. The van der Waals surface area contributed by atoms with Crippen molar-refractivity contribution < 1.29 is 41.4 Å². The largest absolute Gasteiger partial charge is 0.573 e. The van der Waals surface area contributed by atoms with Gasteiger partial charge >= 0.3 is 12.4 Å². The molecule has 4 rings (SSSR count). The summed E-state index contributed by atoms with van der Waals surface area (Å²) in [4.78, 5) is 35.2. The van der Waals surface area contributed by atoms with E-state index in [2.05, 4.69) is 20.7 Å². The van der Waals surface area contributed by atoms with Crippen molar-refractivity contribution in [2.45, 2.75) is 55.9 Å². The molecule has 13 heteroatoms. The van der Waals surface area contributed by atoms with Gasteiger partial charge in [0, 0.05) is 17.8 Å². The summed E-state index contributed by atoms with van der Waals surface area (Å²) in [6.45, 7) is 0. The van der Waals surface area contributed by atoms with E-state index in [9.17, 15) is 31.9 Å². The van der Waals surface area contributed by atoms with Gasteiger partial charge in [0.25, 0.3) is 5.24 Å². The molecule has 1 atom stereocenters. The molecule has 37 heavy (non-hydrogen) atoms. The lowest BCUT2D eigenvalue weighted by Gasteiger charge is -2.29. The molecule has 4 amide bonds. The molecule has 2 aromatic rings. The number of hydrogen-bond donors (Lipinski definition) is 3. The number of anilines is 1. The second-order valence-corrected chi connectivity index (χ2v) is 9.79. The maximum atomic E-state index is 13.8. The number of imide groups is 1. The van der Waals surface area contributed by atoms with Crippen LogP contribution >= 0.6 is 11.8 Å². The van der Waals surface area contributed by atoms with Crippen LogP contribution in [-0.4, -0.2) is 40.9 Å². The topological polar surface area (TPSA) is 106 Å². The third kappa shape index (κ3) is 7.75. The van der Waals surface area contributed by atoms with Gasteiger partial charge < -0.3 is 20.1 Å². The van der Waals surface area contributed by atoms with Crippen molar-refractivity contribution in [3.8, 4) is 11.5 Å². The van der Waals surface area contributed by atoms with Crippen molar-refractivity contribution in [1.29, 1.82) is 0 Å². The summed E-state index contributed by atoms with van der Waals surface area (Å²) < 4.78 is 60.2. The third-order valence-electron chi connectivity index (χ3n) is 5.84. The van der Waals surface area contributed by atoms with Crippen LogP contribution in [0.15, 0.2) is 42.5 Å². The van der Waals surface area contributed by atoms with Gasteiger partial charge in [-0.15, -0.1) is 13.2 Å². The molecule has 2 aliphatic rings. The number of hydrogen-bond acceptors (Lipinski definition) is 6. The highest BCUT2D eigenvalue weighted by Crippen LogP contribution is 2.29. The van der Waals surface area contributed by atoms with E-state index in [-0.39, 0.29) is 29.0 Å². The standard InChI is InChI=1S/C24H23F4N3O5S/c25-18-12-15(5-10-19(18)36-24(26,27)28)30-22(33)29-14-3-8-17(9-4-14)35-16-6-1-13(2-7-16)11-20-21(32)31-23(34)37-20/h1-2,5-7,10,12,14,17,20H,3-4,8-9,11H2,(H2,29,30,33)(H,31,32,34). The fourth-order valence-electron chi connectivity index (χ4n) is 4.10. The van der Waals surface area contributed by atoms with Crippen LogP contribution < -0.4 is 25.4 Å². The smallest absolute Gasteiger partial charge is 0.490 e. The highest BCUT2D eigenvalue weighted by Gasteiger charge is 2.33. The molecule has 1 aliphatic heterocycles. The molecule has 198 valence electrons. The lowest BCUT2D eigenvalue weighted by molar-refractivity contribution is -0.275. The van der Waals surface area contributed by atoms with E-state index < -0.39 is 29.2 Å². The molecule has 3 N–H and O–H groups in total. The Morgan fingerprint density at radius 3 is 2.35 bits per heavy atom. The van der Waals surface area contributed by atoms with Gasteiger partial charge in [0.05, 0.1) is 11.4 Å². The minimum Gasteiger partial charge on any atom is -0.490 e. The van der Waals surface area contributed by atoms with E-state index in [1.165, 1.54) is 0 Å². The molecular weight excluding hydrogens is 518 g/mol. The van der Waals surface area contributed by atoms with Crippen molar-refractivity contribution in [2.75, 3.05) is 5.32 Å². The number of alkyl halides is 3. The number of ether oxygens (including phenoxy) is 2. The van der Waals surface area contributed by atoms with Crippen LogP contribution in [0.3, 0.4) is 0 Å². The highest BCUT2D eigenvalue weighted by atomic mass is 32.2. The van der Waals surface area contributed by atoms with Gasteiger partial charge in [-0.2, -0.15) is 0 Å². The van der Waals surface area contributed by atoms with Gasteiger partial charge in [-0.3, -0.25) is 14.9 Å². The van der Waals surface area contributed by atoms with Crippen LogP contribution in [0, 0.1) is 5.82 Å². The Morgan fingerprint density at radius 2 is 1.76 bits per heavy atom. The monoisotopic (exact) mass is 541 g/mol. The fraction of sp³-hybridized carbons (Fsp3) is 0.375. The number of amides is 4. The van der Waals surface area contributed by atoms with Gasteiger partial charge in [0.15, 0.2) is 11.6 Å². The van der Waals surface area contributed by atoms with Crippen LogP contribution in [0.25, 0.3) is 0 Å². The number of urea groups is 1. The third-order valence-corrected chi connectivity index (χ3v) is 6.82. The van der Waals surface area contributed by atoms with Gasteiger partial charge in [-0.25, -0.2) is 9.18 Å².